The van der Waals surface area contributed by atoms with Gasteiger partial charge in [0.1, 0.15) is 23.1 Å². The third-order valence-corrected chi connectivity index (χ3v) is 8.84. The number of carbonyl (C=O) groups is 2. The molecule has 0 unspecified atom stereocenters. The van der Waals surface area contributed by atoms with Crippen LogP contribution in [0.3, 0.4) is 0 Å². The van der Waals surface area contributed by atoms with Crippen molar-refractivity contribution in [1.29, 1.82) is 0 Å². The molecule has 0 radical (unpaired) electrons. The average Bonchev–Trinajstić information content (AvgIpc) is 3.71. The number of carbonyl (C=O) groups excluding carboxylic acids is 2. The van der Waals surface area contributed by atoms with Gasteiger partial charge in [-0.25, -0.2) is 9.69 Å². The normalized spacial score (nSPS) is 18.6. The van der Waals surface area contributed by atoms with E-state index in [-0.39, 0.29) is 17.3 Å². The lowest BCUT2D eigenvalue weighted by atomic mass is 9.64. The Morgan fingerprint density at radius 2 is 1.20 bits per heavy atom. The Bertz CT molecular complexity index is 2110. The van der Waals surface area contributed by atoms with E-state index in [2.05, 4.69) is 0 Å². The van der Waals surface area contributed by atoms with E-state index >= 15 is 9.59 Å². The van der Waals surface area contributed by atoms with E-state index in [0.29, 0.717) is 39.7 Å². The van der Waals surface area contributed by atoms with E-state index in [1.165, 1.54) is 0 Å². The summed E-state index contributed by atoms with van der Waals surface area (Å²) >= 11 is 0. The molecule has 222 valence electrons. The van der Waals surface area contributed by atoms with Crippen LogP contribution in [-0.4, -0.2) is 34.2 Å². The molecule has 2 aliphatic rings. The number of ketones is 2. The van der Waals surface area contributed by atoms with Gasteiger partial charge in [0.25, 0.3) is 0 Å². The number of Topliss-reactive ketones (excluding diaryl/α,β-unsaturated/α-hetero) is 2. The van der Waals surface area contributed by atoms with Gasteiger partial charge in [0.2, 0.25) is 5.78 Å². The van der Waals surface area contributed by atoms with Crippen molar-refractivity contribution in [2.24, 2.45) is 11.0 Å². The number of methoxy groups -OCH3 is 1. The fraction of sp³-hybridized carbons (Fsp3) is 0.0769. The van der Waals surface area contributed by atoms with Crippen molar-refractivity contribution >= 4 is 23.0 Å². The summed E-state index contributed by atoms with van der Waals surface area (Å²) in [5, 5.41) is 11.9. The number of hydrogen-bond donors (Lipinski definition) is 0. The van der Waals surface area contributed by atoms with Crippen LogP contribution < -0.4 is 9.75 Å². The van der Waals surface area contributed by atoms with Gasteiger partial charge in [-0.2, -0.15) is 10.2 Å². The number of ether oxygens (including phenoxy) is 1. The molecule has 2 atom stereocenters. The minimum atomic E-state index is -1.55. The van der Waals surface area contributed by atoms with Crippen LogP contribution in [0.2, 0.25) is 0 Å². The van der Waals surface area contributed by atoms with Crippen molar-refractivity contribution in [1.82, 2.24) is 9.78 Å². The molecule has 5 aromatic carbocycles. The summed E-state index contributed by atoms with van der Waals surface area (Å²) in [5.74, 6) is -0.817. The fourth-order valence-corrected chi connectivity index (χ4v) is 6.77. The first-order chi connectivity index (χ1) is 22.6. The molecule has 0 saturated carbocycles. The Morgan fingerprint density at radius 1 is 0.652 bits per heavy atom. The number of hydrazone groups is 1. The van der Waals surface area contributed by atoms with E-state index in [9.17, 15) is 0 Å². The number of nitrogens with zero attached hydrogens (tertiary/aromatic N) is 4. The summed E-state index contributed by atoms with van der Waals surface area (Å²) in [6.07, 6.45) is 0. The van der Waals surface area contributed by atoms with E-state index in [0.717, 1.165) is 11.1 Å². The zero-order chi connectivity index (χ0) is 31.3. The second-order valence-corrected chi connectivity index (χ2v) is 11.3. The minimum absolute atomic E-state index is 0.215. The van der Waals surface area contributed by atoms with Gasteiger partial charge < -0.3 is 4.74 Å². The molecule has 46 heavy (non-hydrogen) atoms. The molecule has 6 aromatic rings. The molecule has 0 fully saturated rings. The van der Waals surface area contributed by atoms with Gasteiger partial charge in [0, 0.05) is 5.56 Å². The van der Waals surface area contributed by atoms with Crippen molar-refractivity contribution in [2.75, 3.05) is 12.1 Å². The molecule has 0 bridgehead atoms. The monoisotopic (exact) mass is 600 g/mol. The highest BCUT2D eigenvalue weighted by Crippen LogP contribution is 2.53. The summed E-state index contributed by atoms with van der Waals surface area (Å²) in [5.41, 5.74) is 3.48. The quantitative estimate of drug-likeness (QED) is 0.200. The molecule has 0 spiro atoms. The van der Waals surface area contributed by atoms with E-state index in [1.54, 1.807) is 16.8 Å². The van der Waals surface area contributed by atoms with Crippen molar-refractivity contribution in [3.05, 3.63) is 168 Å². The maximum Gasteiger partial charge on any atom is 0.215 e. The highest BCUT2D eigenvalue weighted by Gasteiger charge is 2.66. The van der Waals surface area contributed by atoms with Gasteiger partial charge in [-0.3, -0.25) is 9.59 Å². The second-order valence-electron chi connectivity index (χ2n) is 11.3. The largest absolute Gasteiger partial charge is 0.497 e. The number of aromatic nitrogens is 2. The smallest absolute Gasteiger partial charge is 0.215 e. The second kappa shape index (κ2) is 10.8. The highest BCUT2D eigenvalue weighted by atomic mass is 16.5. The molecule has 7 heteroatoms. The van der Waals surface area contributed by atoms with Gasteiger partial charge in [-0.05, 0) is 47.5 Å². The van der Waals surface area contributed by atoms with Crippen LogP contribution in [0.4, 0.5) is 5.69 Å². The lowest BCUT2D eigenvalue weighted by Gasteiger charge is -2.42. The number of benzene rings is 5. The molecule has 0 amide bonds. The van der Waals surface area contributed by atoms with Crippen LogP contribution in [0.25, 0.3) is 16.9 Å². The van der Waals surface area contributed by atoms with Gasteiger partial charge in [0.05, 0.1) is 29.8 Å². The number of para-hydroxylation sites is 2. The molecular weight excluding hydrogens is 572 g/mol. The fourth-order valence-electron chi connectivity index (χ4n) is 6.77. The first-order valence-corrected chi connectivity index (χ1v) is 15.1. The Kier molecular flexibility index (Phi) is 6.46. The minimum Gasteiger partial charge on any atom is -0.497 e. The lowest BCUT2D eigenvalue weighted by Crippen LogP contribution is -2.58. The predicted octanol–water partition coefficient (Wildman–Crippen LogP) is 7.36. The molecule has 1 aliphatic carbocycles. The molecule has 7 nitrogen and oxygen atoms in total. The Hall–Kier alpha value is -6.08. The van der Waals surface area contributed by atoms with Crippen molar-refractivity contribution in [2.45, 2.75) is 5.54 Å². The number of hydrogen-bond acceptors (Lipinski definition) is 6. The average molecular weight is 601 g/mol. The van der Waals surface area contributed by atoms with Crippen LogP contribution in [-0.2, 0) is 5.54 Å². The summed E-state index contributed by atoms with van der Waals surface area (Å²) < 4.78 is 7.12. The molecule has 0 saturated heterocycles. The van der Waals surface area contributed by atoms with Crippen LogP contribution in [0.15, 0.2) is 151 Å². The first-order valence-electron chi connectivity index (χ1n) is 15.1. The molecule has 2 heterocycles. The predicted molar refractivity (Wildman–Crippen MR) is 178 cm³/mol. The van der Waals surface area contributed by atoms with Gasteiger partial charge in [-0.15, -0.1) is 0 Å². The standard InChI is InChI=1S/C39H28N4O3/c1-46-31-24-22-28(23-25-31)39-33(35(27-16-8-3-9-17-27)41-43(39)30-20-12-5-13-21-30)37(44)32-34(26-14-6-2-7-15-26)40-42(36(32)38(39)45)29-18-10-4-11-19-29/h2-25,33H,1H3/t33-,39-/m1/s1. The maximum atomic E-state index is 15.8. The summed E-state index contributed by atoms with van der Waals surface area (Å²) in [7, 11) is 1.60. The highest BCUT2D eigenvalue weighted by molar-refractivity contribution is 6.32. The number of rotatable bonds is 6. The molecular formula is C39H28N4O3. The molecule has 1 aliphatic heterocycles. The SMILES string of the molecule is COc1ccc([C@]23C(=O)c4c(c(-c5ccccc5)nn4-c4ccccc4)C(=O)[C@H]2C(c2ccccc2)=NN3c2ccccc2)cc1. The first kappa shape index (κ1) is 27.5. The molecule has 1 aromatic heterocycles. The van der Waals surface area contributed by atoms with Crippen LogP contribution in [0.5, 0.6) is 5.75 Å². The Morgan fingerprint density at radius 3 is 1.78 bits per heavy atom. The van der Waals surface area contributed by atoms with Crippen molar-refractivity contribution < 1.29 is 14.3 Å². The van der Waals surface area contributed by atoms with Crippen LogP contribution in [0, 0.1) is 5.92 Å². The topological polar surface area (TPSA) is 76.8 Å². The lowest BCUT2D eigenvalue weighted by molar-refractivity contribution is 0.0741. The Balaban J connectivity index is 1.49. The zero-order valence-electron chi connectivity index (χ0n) is 24.9. The molecule has 0 N–H and O–H groups in total. The molecule has 8 rings (SSSR count). The van der Waals surface area contributed by atoms with E-state index in [4.69, 9.17) is 14.9 Å². The van der Waals surface area contributed by atoms with Crippen LogP contribution >= 0.6 is 0 Å². The van der Waals surface area contributed by atoms with Crippen molar-refractivity contribution in [3.63, 3.8) is 0 Å². The van der Waals surface area contributed by atoms with Crippen molar-refractivity contribution in [3.8, 4) is 22.7 Å². The Labute approximate surface area is 266 Å². The van der Waals surface area contributed by atoms with Gasteiger partial charge in [-0.1, -0.05) is 109 Å². The van der Waals surface area contributed by atoms with E-state index in [1.807, 2.05) is 146 Å². The third-order valence-electron chi connectivity index (χ3n) is 8.84. The van der Waals surface area contributed by atoms with Crippen LogP contribution in [0.1, 0.15) is 32.0 Å². The third kappa shape index (κ3) is 3.98. The number of anilines is 1. The van der Waals surface area contributed by atoms with Gasteiger partial charge >= 0.3 is 0 Å². The number of fused-ring (bicyclic) bond motifs is 2. The summed E-state index contributed by atoms with van der Waals surface area (Å²) in [6.45, 7) is 0. The summed E-state index contributed by atoms with van der Waals surface area (Å²) in [6, 6.07) is 45.6. The van der Waals surface area contributed by atoms with E-state index < -0.39 is 11.5 Å². The van der Waals surface area contributed by atoms with Gasteiger partial charge in [0.15, 0.2) is 11.3 Å². The summed E-state index contributed by atoms with van der Waals surface area (Å²) in [4.78, 5) is 31.2. The maximum absolute atomic E-state index is 15.8. The zero-order valence-corrected chi connectivity index (χ0v) is 24.9.